The topological polar surface area (TPSA) is 70.2 Å². The number of aromatic nitrogens is 1. The second-order valence-electron chi connectivity index (χ2n) is 2.31. The molecule has 0 aliphatic heterocycles. The first-order valence-corrected chi connectivity index (χ1v) is 3.53. The molecule has 0 fully saturated rings. The number of aromatic amines is 1. The number of nitrogens with one attached hydrogen (secondary N) is 1. The fourth-order valence-electron chi connectivity index (χ4n) is 0.755. The highest BCUT2D eigenvalue weighted by Crippen LogP contribution is 2.11. The molecule has 0 aliphatic rings. The predicted molar refractivity (Wildman–Crippen MR) is 43.8 cm³/mol. The summed E-state index contributed by atoms with van der Waals surface area (Å²) in [7, 11) is 0. The van der Waals surface area contributed by atoms with E-state index < -0.39 is 11.5 Å². The van der Waals surface area contributed by atoms with Crippen LogP contribution in [0.25, 0.3) is 0 Å². The number of pyridine rings is 1. The Labute approximate surface area is 72.8 Å². The summed E-state index contributed by atoms with van der Waals surface area (Å²) in [5.74, 6) is -1.24. The number of aromatic carboxylic acids is 1. The number of carboxylic acids is 1. The Hall–Kier alpha value is -1.29. The van der Waals surface area contributed by atoms with E-state index in [1.54, 1.807) is 6.92 Å². The first-order chi connectivity index (χ1) is 5.52. The zero-order chi connectivity index (χ0) is 9.30. The van der Waals surface area contributed by atoms with Gasteiger partial charge in [-0.1, -0.05) is 11.6 Å². The molecule has 12 heavy (non-hydrogen) atoms. The number of hydrogen-bond acceptors (Lipinski definition) is 2. The average molecular weight is 188 g/mol. The number of hydrogen-bond donors (Lipinski definition) is 2. The molecule has 1 rings (SSSR count). The molecule has 0 bridgehead atoms. The van der Waals surface area contributed by atoms with Gasteiger partial charge in [0.2, 0.25) is 0 Å². The summed E-state index contributed by atoms with van der Waals surface area (Å²) in [5, 5.41) is 8.57. The lowest BCUT2D eigenvalue weighted by Crippen LogP contribution is -2.15. The third-order valence-corrected chi connectivity index (χ3v) is 1.69. The number of carbonyl (C=O) groups is 1. The second-order valence-corrected chi connectivity index (χ2v) is 2.72. The molecular weight excluding hydrogens is 182 g/mol. The van der Waals surface area contributed by atoms with Crippen molar-refractivity contribution in [1.29, 1.82) is 0 Å². The molecule has 0 saturated heterocycles. The van der Waals surface area contributed by atoms with E-state index in [0.717, 1.165) is 0 Å². The SMILES string of the molecule is Cc1cc(Cl)c(C(=O)O)[nH]c1=O. The largest absolute Gasteiger partial charge is 0.477 e. The summed E-state index contributed by atoms with van der Waals surface area (Å²) in [6.45, 7) is 1.55. The van der Waals surface area contributed by atoms with Crippen molar-refractivity contribution in [1.82, 2.24) is 4.98 Å². The van der Waals surface area contributed by atoms with Crippen LogP contribution in [0.15, 0.2) is 10.9 Å². The van der Waals surface area contributed by atoms with Crippen LogP contribution >= 0.6 is 11.6 Å². The lowest BCUT2D eigenvalue weighted by atomic mass is 10.2. The summed E-state index contributed by atoms with van der Waals surface area (Å²) in [4.78, 5) is 23.5. The fraction of sp³-hybridized carbons (Fsp3) is 0.143. The van der Waals surface area contributed by atoms with E-state index in [-0.39, 0.29) is 10.7 Å². The molecule has 2 N–H and O–H groups in total. The van der Waals surface area contributed by atoms with Gasteiger partial charge in [0.15, 0.2) is 0 Å². The van der Waals surface area contributed by atoms with Gasteiger partial charge in [0.1, 0.15) is 5.69 Å². The Bertz CT molecular complexity index is 383. The third kappa shape index (κ3) is 1.48. The van der Waals surface area contributed by atoms with Crippen LogP contribution in [-0.4, -0.2) is 16.1 Å². The maximum Gasteiger partial charge on any atom is 0.353 e. The van der Waals surface area contributed by atoms with E-state index in [0.29, 0.717) is 5.56 Å². The van der Waals surface area contributed by atoms with Crippen molar-refractivity contribution in [2.24, 2.45) is 0 Å². The van der Waals surface area contributed by atoms with Crippen molar-refractivity contribution < 1.29 is 9.90 Å². The first kappa shape index (κ1) is 8.80. The highest BCUT2D eigenvalue weighted by molar-refractivity contribution is 6.33. The molecule has 4 nitrogen and oxygen atoms in total. The smallest absolute Gasteiger partial charge is 0.353 e. The van der Waals surface area contributed by atoms with Gasteiger partial charge in [-0.15, -0.1) is 0 Å². The molecule has 64 valence electrons. The normalized spacial score (nSPS) is 9.83. The Kier molecular flexibility index (Phi) is 2.19. The van der Waals surface area contributed by atoms with Crippen LogP contribution in [0.4, 0.5) is 0 Å². The van der Waals surface area contributed by atoms with Crippen molar-refractivity contribution in [2.45, 2.75) is 6.92 Å². The number of aryl methyl sites for hydroxylation is 1. The Morgan fingerprint density at radius 2 is 2.25 bits per heavy atom. The number of rotatable bonds is 1. The molecule has 0 spiro atoms. The third-order valence-electron chi connectivity index (χ3n) is 1.39. The van der Waals surface area contributed by atoms with E-state index in [2.05, 4.69) is 4.98 Å². The molecule has 1 aromatic rings. The highest BCUT2D eigenvalue weighted by Gasteiger charge is 2.10. The summed E-state index contributed by atoms with van der Waals surface area (Å²) < 4.78 is 0. The van der Waals surface area contributed by atoms with Crippen LogP contribution in [-0.2, 0) is 0 Å². The minimum atomic E-state index is -1.24. The number of carboxylic acid groups (broad SMARTS) is 1. The van der Waals surface area contributed by atoms with Gasteiger partial charge in [-0.2, -0.15) is 0 Å². The quantitative estimate of drug-likeness (QED) is 0.690. The lowest BCUT2D eigenvalue weighted by Gasteiger charge is -1.98. The van der Waals surface area contributed by atoms with Gasteiger partial charge in [0.05, 0.1) is 5.02 Å². The molecule has 1 heterocycles. The number of halogens is 1. The predicted octanol–water partition coefficient (Wildman–Crippen LogP) is 1.03. The van der Waals surface area contributed by atoms with Crippen LogP contribution in [0.3, 0.4) is 0 Å². The first-order valence-electron chi connectivity index (χ1n) is 3.15. The zero-order valence-corrected chi connectivity index (χ0v) is 6.97. The van der Waals surface area contributed by atoms with Gasteiger partial charge in [-0.05, 0) is 13.0 Å². The van der Waals surface area contributed by atoms with Crippen LogP contribution in [0.2, 0.25) is 5.02 Å². The van der Waals surface area contributed by atoms with Gasteiger partial charge >= 0.3 is 5.97 Å². The molecule has 0 amide bonds. The van der Waals surface area contributed by atoms with Crippen LogP contribution < -0.4 is 5.56 Å². The van der Waals surface area contributed by atoms with Crippen LogP contribution in [0.5, 0.6) is 0 Å². The van der Waals surface area contributed by atoms with Crippen molar-refractivity contribution in [3.63, 3.8) is 0 Å². The lowest BCUT2D eigenvalue weighted by molar-refractivity contribution is 0.0690. The molecule has 0 aliphatic carbocycles. The maximum absolute atomic E-state index is 10.9. The van der Waals surface area contributed by atoms with Gasteiger partial charge in [0.25, 0.3) is 5.56 Å². The molecule has 5 heteroatoms. The fourth-order valence-corrected chi connectivity index (χ4v) is 1.05. The molecule has 0 unspecified atom stereocenters. The molecule has 1 aromatic heterocycles. The van der Waals surface area contributed by atoms with Crippen molar-refractivity contribution in [2.75, 3.05) is 0 Å². The monoisotopic (exact) mass is 187 g/mol. The van der Waals surface area contributed by atoms with Crippen LogP contribution in [0.1, 0.15) is 16.1 Å². The van der Waals surface area contributed by atoms with Gasteiger partial charge in [-0.3, -0.25) is 4.79 Å². The molecule has 0 radical (unpaired) electrons. The van der Waals surface area contributed by atoms with Crippen molar-refractivity contribution in [3.05, 3.63) is 32.7 Å². The minimum absolute atomic E-state index is 0.0413. The zero-order valence-electron chi connectivity index (χ0n) is 6.22. The van der Waals surface area contributed by atoms with E-state index >= 15 is 0 Å². The van der Waals surface area contributed by atoms with Crippen molar-refractivity contribution >= 4 is 17.6 Å². The standard InChI is InChI=1S/C7H6ClNO3/c1-3-2-4(8)5(7(11)12)9-6(3)10/h2H,1H3,(H,9,10)(H,11,12). The number of H-pyrrole nitrogens is 1. The summed E-state index contributed by atoms with van der Waals surface area (Å²) in [5.41, 5.74) is -0.311. The second kappa shape index (κ2) is 2.98. The van der Waals surface area contributed by atoms with Gasteiger partial charge < -0.3 is 10.1 Å². The van der Waals surface area contributed by atoms with Crippen LogP contribution in [0, 0.1) is 6.92 Å². The van der Waals surface area contributed by atoms with E-state index in [9.17, 15) is 9.59 Å². The van der Waals surface area contributed by atoms with Crippen molar-refractivity contribution in [3.8, 4) is 0 Å². The molecular formula is C7H6ClNO3. The Morgan fingerprint density at radius 1 is 1.67 bits per heavy atom. The maximum atomic E-state index is 10.9. The summed E-state index contributed by atoms with van der Waals surface area (Å²) in [6.07, 6.45) is 0. The molecule has 0 atom stereocenters. The highest BCUT2D eigenvalue weighted by atomic mass is 35.5. The average Bonchev–Trinajstić information content (AvgIpc) is 1.96. The van der Waals surface area contributed by atoms with E-state index in [1.807, 2.05) is 0 Å². The Balaban J connectivity index is 3.43. The van der Waals surface area contributed by atoms with Gasteiger partial charge in [-0.25, -0.2) is 4.79 Å². The molecule has 0 aromatic carbocycles. The minimum Gasteiger partial charge on any atom is -0.477 e. The summed E-state index contributed by atoms with van der Waals surface area (Å²) >= 11 is 5.55. The molecule has 0 saturated carbocycles. The van der Waals surface area contributed by atoms with Gasteiger partial charge in [0, 0.05) is 5.56 Å². The van der Waals surface area contributed by atoms with E-state index in [1.165, 1.54) is 6.07 Å². The van der Waals surface area contributed by atoms with E-state index in [4.69, 9.17) is 16.7 Å². The summed E-state index contributed by atoms with van der Waals surface area (Å²) in [6, 6.07) is 1.32. The Morgan fingerprint density at radius 3 is 2.75 bits per heavy atom.